The van der Waals surface area contributed by atoms with E-state index in [2.05, 4.69) is 42.5 Å². The van der Waals surface area contributed by atoms with Crippen molar-refractivity contribution in [3.63, 3.8) is 0 Å². The lowest BCUT2D eigenvalue weighted by Crippen LogP contribution is -2.15. The molecular formula is C32H44O3. The molecule has 190 valence electrons. The Morgan fingerprint density at radius 1 is 0.629 bits per heavy atom. The quantitative estimate of drug-likeness (QED) is 0.295. The molecule has 0 spiro atoms. The van der Waals surface area contributed by atoms with Gasteiger partial charge in [-0.25, -0.2) is 0 Å². The Bertz CT molecular complexity index is 836. The van der Waals surface area contributed by atoms with Crippen molar-refractivity contribution in [3.05, 3.63) is 64.7 Å². The number of carbonyl (C=O) groups is 1. The fourth-order valence-corrected chi connectivity index (χ4v) is 6.63. The highest BCUT2D eigenvalue weighted by atomic mass is 17.2. The summed E-state index contributed by atoms with van der Waals surface area (Å²) in [4.78, 5) is 20.3. The van der Waals surface area contributed by atoms with E-state index in [1.54, 1.807) is 5.56 Å². The maximum absolute atomic E-state index is 8.00. The Kier molecular flexibility index (Phi) is 10.2. The molecule has 0 atom stereocenters. The van der Waals surface area contributed by atoms with E-state index in [1.807, 2.05) is 6.79 Å². The van der Waals surface area contributed by atoms with Crippen molar-refractivity contribution in [2.24, 2.45) is 0 Å². The first-order chi connectivity index (χ1) is 17.4. The lowest BCUT2D eigenvalue weighted by Gasteiger charge is -2.31. The molecule has 2 aromatic carbocycles. The van der Waals surface area contributed by atoms with E-state index in [-0.39, 0.29) is 0 Å². The minimum Gasteiger partial charge on any atom is -0.337 e. The molecule has 3 nitrogen and oxygen atoms in total. The smallest absolute Gasteiger partial charge is 0.172 e. The summed E-state index contributed by atoms with van der Waals surface area (Å²) in [7, 11) is 0. The van der Waals surface area contributed by atoms with Crippen molar-refractivity contribution in [2.45, 2.75) is 121 Å². The number of rotatable bonds is 7. The van der Waals surface area contributed by atoms with Crippen molar-refractivity contribution in [2.75, 3.05) is 0 Å². The summed E-state index contributed by atoms with van der Waals surface area (Å²) >= 11 is 0. The van der Waals surface area contributed by atoms with Gasteiger partial charge in [0.05, 0.1) is 0 Å². The van der Waals surface area contributed by atoms with Crippen LogP contribution in [0.25, 0.3) is 0 Å². The molecule has 0 saturated heterocycles. The highest BCUT2D eigenvalue weighted by Gasteiger charge is 2.29. The van der Waals surface area contributed by atoms with Crippen molar-refractivity contribution < 1.29 is 14.6 Å². The molecule has 0 aromatic heterocycles. The first-order valence-corrected chi connectivity index (χ1v) is 14.2. The van der Waals surface area contributed by atoms with Gasteiger partial charge in [0.2, 0.25) is 0 Å². The van der Waals surface area contributed by atoms with E-state index in [4.69, 9.17) is 14.6 Å². The van der Waals surface area contributed by atoms with Gasteiger partial charge in [-0.15, -0.1) is 0 Å². The van der Waals surface area contributed by atoms with Crippen molar-refractivity contribution in [3.8, 4) is 5.75 Å². The van der Waals surface area contributed by atoms with Gasteiger partial charge in [0, 0.05) is 11.1 Å². The number of carbonyl (C=O) groups excluding carboxylic acids is 1. The SMILES string of the molecule is C=O.c1ccc(COOc2c(C3CCCCC3)cc(C3CCCCC3)cc2C2CCCCC2)cc1. The van der Waals surface area contributed by atoms with Crippen LogP contribution in [-0.2, 0) is 16.3 Å². The second kappa shape index (κ2) is 13.8. The molecule has 2 aromatic rings. The van der Waals surface area contributed by atoms with E-state index >= 15 is 0 Å². The van der Waals surface area contributed by atoms with E-state index in [1.165, 1.54) is 107 Å². The van der Waals surface area contributed by atoms with Crippen LogP contribution in [0.1, 0.15) is 136 Å². The summed E-state index contributed by atoms with van der Waals surface area (Å²) in [5.74, 6) is 3.08. The molecule has 0 heterocycles. The highest BCUT2D eigenvalue weighted by molar-refractivity contribution is 5.49. The standard InChI is InChI=1S/C31H42O2.CH2O/c1-5-13-24(14-6-1)23-32-33-31-29(26-17-9-3-10-18-26)21-28(25-15-7-2-8-16-25)22-30(31)27-19-11-4-12-20-27;1-2/h1,5-6,13-14,21-22,25-27H,2-4,7-12,15-20,23H2;1H2. The van der Waals surface area contributed by atoms with Gasteiger partial charge in [-0.3, -0.25) is 0 Å². The lowest BCUT2D eigenvalue weighted by atomic mass is 9.75. The van der Waals surface area contributed by atoms with Gasteiger partial charge in [-0.1, -0.05) is 100 Å². The summed E-state index contributed by atoms with van der Waals surface area (Å²) in [6.07, 6.45) is 20.3. The maximum atomic E-state index is 8.00. The zero-order valence-corrected chi connectivity index (χ0v) is 21.5. The van der Waals surface area contributed by atoms with E-state index in [0.29, 0.717) is 18.4 Å². The summed E-state index contributed by atoms with van der Waals surface area (Å²) in [5.41, 5.74) is 5.69. The molecule has 5 rings (SSSR count). The van der Waals surface area contributed by atoms with Crippen LogP contribution in [0.2, 0.25) is 0 Å². The molecule has 35 heavy (non-hydrogen) atoms. The molecule has 3 fully saturated rings. The second-order valence-corrected chi connectivity index (χ2v) is 10.9. The number of benzene rings is 2. The average molecular weight is 477 g/mol. The highest BCUT2D eigenvalue weighted by Crippen LogP contribution is 2.47. The van der Waals surface area contributed by atoms with Gasteiger partial charge in [-0.05, 0) is 67.4 Å². The summed E-state index contributed by atoms with van der Waals surface area (Å²) < 4.78 is 0. The fraction of sp³-hybridized carbons (Fsp3) is 0.594. The lowest BCUT2D eigenvalue weighted by molar-refractivity contribution is -0.219. The zero-order chi connectivity index (χ0) is 24.3. The molecule has 3 saturated carbocycles. The van der Waals surface area contributed by atoms with E-state index in [0.717, 1.165) is 17.2 Å². The van der Waals surface area contributed by atoms with Gasteiger partial charge < -0.3 is 9.68 Å². The predicted octanol–water partition coefficient (Wildman–Crippen LogP) is 9.16. The maximum Gasteiger partial charge on any atom is 0.172 e. The van der Waals surface area contributed by atoms with Crippen molar-refractivity contribution in [1.82, 2.24) is 0 Å². The zero-order valence-electron chi connectivity index (χ0n) is 21.5. The topological polar surface area (TPSA) is 35.5 Å². The fourth-order valence-electron chi connectivity index (χ4n) is 6.63. The Morgan fingerprint density at radius 3 is 1.57 bits per heavy atom. The molecular weight excluding hydrogens is 432 g/mol. The first-order valence-electron chi connectivity index (χ1n) is 14.2. The Labute approximate surface area is 212 Å². The number of hydrogen-bond acceptors (Lipinski definition) is 3. The van der Waals surface area contributed by atoms with Crippen LogP contribution in [-0.4, -0.2) is 6.79 Å². The summed E-state index contributed by atoms with van der Waals surface area (Å²) in [5, 5.41) is 0. The Balaban J connectivity index is 0.00000141. The van der Waals surface area contributed by atoms with Crippen LogP contribution in [0.4, 0.5) is 0 Å². The van der Waals surface area contributed by atoms with Crippen LogP contribution < -0.4 is 4.89 Å². The van der Waals surface area contributed by atoms with Gasteiger partial charge in [0.1, 0.15) is 13.4 Å². The minimum absolute atomic E-state index is 0.499. The molecule has 0 radical (unpaired) electrons. The second-order valence-electron chi connectivity index (χ2n) is 10.9. The van der Waals surface area contributed by atoms with Crippen molar-refractivity contribution >= 4 is 6.79 Å². The predicted molar refractivity (Wildman–Crippen MR) is 143 cm³/mol. The minimum atomic E-state index is 0.499. The third-order valence-electron chi connectivity index (χ3n) is 8.55. The third kappa shape index (κ3) is 6.97. The average Bonchev–Trinajstić information content (AvgIpc) is 2.96. The molecule has 3 aliphatic rings. The first kappa shape index (κ1) is 25.9. The third-order valence-corrected chi connectivity index (χ3v) is 8.55. The molecule has 0 unspecified atom stereocenters. The molecule has 0 bridgehead atoms. The van der Waals surface area contributed by atoms with Crippen LogP contribution in [0.5, 0.6) is 5.75 Å². The molecule has 3 aliphatic carbocycles. The van der Waals surface area contributed by atoms with E-state index < -0.39 is 0 Å². The summed E-state index contributed by atoms with van der Waals surface area (Å²) in [6.45, 7) is 2.50. The van der Waals surface area contributed by atoms with Gasteiger partial charge in [0.25, 0.3) is 0 Å². The molecule has 0 amide bonds. The van der Waals surface area contributed by atoms with Gasteiger partial charge in [0.15, 0.2) is 5.75 Å². The van der Waals surface area contributed by atoms with Crippen molar-refractivity contribution in [1.29, 1.82) is 0 Å². The Hall–Kier alpha value is -2.13. The van der Waals surface area contributed by atoms with E-state index in [9.17, 15) is 0 Å². The van der Waals surface area contributed by atoms with Crippen LogP contribution >= 0.6 is 0 Å². The molecule has 0 N–H and O–H groups in total. The van der Waals surface area contributed by atoms with Gasteiger partial charge >= 0.3 is 0 Å². The van der Waals surface area contributed by atoms with Crippen LogP contribution in [0, 0.1) is 0 Å². The Morgan fingerprint density at radius 2 is 1.09 bits per heavy atom. The summed E-state index contributed by atoms with van der Waals surface area (Å²) in [6, 6.07) is 15.5. The normalized spacial score (nSPS) is 20.1. The largest absolute Gasteiger partial charge is 0.337 e. The molecule has 3 heteroatoms. The molecule has 0 aliphatic heterocycles. The van der Waals surface area contributed by atoms with Gasteiger partial charge in [-0.2, -0.15) is 4.89 Å². The monoisotopic (exact) mass is 476 g/mol. The van der Waals surface area contributed by atoms with Crippen LogP contribution in [0.3, 0.4) is 0 Å². The van der Waals surface area contributed by atoms with Crippen LogP contribution in [0.15, 0.2) is 42.5 Å². The number of hydrogen-bond donors (Lipinski definition) is 0.